The lowest BCUT2D eigenvalue weighted by Crippen LogP contribution is -2.41. The summed E-state index contributed by atoms with van der Waals surface area (Å²) in [5.74, 6) is -0.624. The number of hydrazone groups is 1. The minimum Gasteiger partial charge on any atom is -0.464 e. The molecule has 0 fully saturated rings. The predicted molar refractivity (Wildman–Crippen MR) is 140 cm³/mol. The van der Waals surface area contributed by atoms with Crippen molar-refractivity contribution in [2.45, 2.75) is 46.5 Å². The zero-order valence-corrected chi connectivity index (χ0v) is 21.3. The first kappa shape index (κ1) is 24.9. The molecule has 10 nitrogen and oxygen atoms in total. The average molecular weight is 514 g/mol. The Morgan fingerprint density at radius 2 is 1.79 bits per heavy atom. The van der Waals surface area contributed by atoms with E-state index in [2.05, 4.69) is 32.4 Å². The molecule has 3 amide bonds. The third-order valence-electron chi connectivity index (χ3n) is 6.52. The number of amides is 3. The molecule has 1 aliphatic carbocycles. The van der Waals surface area contributed by atoms with Crippen LogP contribution in [0, 0.1) is 20.8 Å². The van der Waals surface area contributed by atoms with Gasteiger partial charge >= 0.3 is 5.91 Å². The number of aromatic nitrogens is 1. The fourth-order valence-electron chi connectivity index (χ4n) is 4.84. The summed E-state index contributed by atoms with van der Waals surface area (Å²) >= 11 is 0. The molecule has 0 spiro atoms. The van der Waals surface area contributed by atoms with Crippen molar-refractivity contribution in [3.8, 4) is 0 Å². The number of hydrogen-bond donors (Lipinski definition) is 3. The predicted octanol–water partition coefficient (Wildman–Crippen LogP) is 3.82. The molecule has 0 saturated heterocycles. The number of furan rings is 2. The van der Waals surface area contributed by atoms with E-state index in [9.17, 15) is 14.4 Å². The molecular formula is C28H27N5O5. The van der Waals surface area contributed by atoms with Crippen molar-refractivity contribution in [2.24, 2.45) is 5.10 Å². The molecule has 1 aromatic carbocycles. The van der Waals surface area contributed by atoms with Crippen molar-refractivity contribution in [1.82, 2.24) is 21.3 Å². The second-order valence-electron chi connectivity index (χ2n) is 9.34. The number of pyridine rings is 1. The smallest absolute Gasteiger partial charge is 0.305 e. The third kappa shape index (κ3) is 4.93. The standard InChI is InChI=1S/C28H27N5O5/c1-15-11-16(2)24-19(14-37-22(24)12-15)13-23(34)31-30-20-5-4-6-21-25(20)17(3)26(38-21)28(36)33-32-27(35)18-7-9-29-10-8-18/h7-12,14H,4-6,13H2,1-3H3,(H,31,34)(H,32,35)(H,33,36)/b30-20+. The van der Waals surface area contributed by atoms with Gasteiger partial charge in [0.05, 0.1) is 18.4 Å². The quantitative estimate of drug-likeness (QED) is 0.347. The van der Waals surface area contributed by atoms with E-state index in [1.54, 1.807) is 13.2 Å². The maximum absolute atomic E-state index is 12.8. The van der Waals surface area contributed by atoms with E-state index in [1.807, 2.05) is 19.9 Å². The monoisotopic (exact) mass is 513 g/mol. The van der Waals surface area contributed by atoms with E-state index in [-0.39, 0.29) is 18.1 Å². The molecule has 3 heterocycles. The molecule has 0 atom stereocenters. The number of rotatable bonds is 5. The number of fused-ring (bicyclic) bond motifs is 2. The fraction of sp³-hybridized carbons (Fsp3) is 0.250. The Labute approximate surface area is 218 Å². The highest BCUT2D eigenvalue weighted by molar-refractivity contribution is 6.07. The Morgan fingerprint density at radius 1 is 1.03 bits per heavy atom. The molecule has 10 heteroatoms. The minimum atomic E-state index is -0.583. The summed E-state index contributed by atoms with van der Waals surface area (Å²) < 4.78 is 11.5. The van der Waals surface area contributed by atoms with Crippen LogP contribution in [0.4, 0.5) is 0 Å². The SMILES string of the molecule is Cc1cc(C)c2c(CC(=O)N/N=C3\CCCc4oc(C(=O)NNC(=O)c5ccncc5)c(C)c43)coc2c1. The molecule has 0 saturated carbocycles. The molecule has 0 unspecified atom stereocenters. The van der Waals surface area contributed by atoms with Crippen LogP contribution < -0.4 is 16.3 Å². The van der Waals surface area contributed by atoms with Gasteiger partial charge in [0.15, 0.2) is 5.76 Å². The zero-order chi connectivity index (χ0) is 26.8. The Morgan fingerprint density at radius 3 is 2.58 bits per heavy atom. The van der Waals surface area contributed by atoms with Crippen LogP contribution >= 0.6 is 0 Å². The maximum Gasteiger partial charge on any atom is 0.305 e. The number of carbonyl (C=O) groups is 3. The van der Waals surface area contributed by atoms with Gasteiger partial charge in [-0.3, -0.25) is 30.2 Å². The first-order chi connectivity index (χ1) is 18.3. The molecule has 5 rings (SSSR count). The van der Waals surface area contributed by atoms with Crippen molar-refractivity contribution in [3.63, 3.8) is 0 Å². The molecule has 3 aromatic heterocycles. The van der Waals surface area contributed by atoms with Crippen molar-refractivity contribution in [3.05, 3.63) is 87.8 Å². The molecule has 194 valence electrons. The summed E-state index contributed by atoms with van der Waals surface area (Å²) in [6, 6.07) is 7.08. The lowest BCUT2D eigenvalue weighted by molar-refractivity contribution is -0.120. The minimum absolute atomic E-state index is 0.0848. The van der Waals surface area contributed by atoms with Crippen LogP contribution in [0.2, 0.25) is 0 Å². The summed E-state index contributed by atoms with van der Waals surface area (Å²) in [5.41, 5.74) is 13.4. The lowest BCUT2D eigenvalue weighted by atomic mass is 9.93. The molecule has 38 heavy (non-hydrogen) atoms. The van der Waals surface area contributed by atoms with Crippen LogP contribution in [0.1, 0.15) is 67.3 Å². The second kappa shape index (κ2) is 10.3. The zero-order valence-electron chi connectivity index (χ0n) is 21.3. The van der Waals surface area contributed by atoms with Crippen molar-refractivity contribution >= 4 is 34.4 Å². The maximum atomic E-state index is 12.8. The van der Waals surface area contributed by atoms with Crippen LogP contribution in [0.25, 0.3) is 11.0 Å². The molecule has 4 aromatic rings. The van der Waals surface area contributed by atoms with Crippen molar-refractivity contribution in [1.29, 1.82) is 0 Å². The van der Waals surface area contributed by atoms with Crippen LogP contribution in [0.5, 0.6) is 0 Å². The molecule has 3 N–H and O–H groups in total. The van der Waals surface area contributed by atoms with E-state index >= 15 is 0 Å². The highest BCUT2D eigenvalue weighted by atomic mass is 16.4. The van der Waals surface area contributed by atoms with E-state index in [0.717, 1.165) is 34.1 Å². The normalized spacial score (nSPS) is 13.8. The summed E-state index contributed by atoms with van der Waals surface area (Å²) in [4.78, 5) is 41.6. The van der Waals surface area contributed by atoms with Gasteiger partial charge in [0, 0.05) is 46.5 Å². The largest absolute Gasteiger partial charge is 0.464 e. The Hall–Kier alpha value is -4.73. The molecule has 0 bridgehead atoms. The molecule has 1 aliphatic rings. The van der Waals surface area contributed by atoms with Gasteiger partial charge in [-0.2, -0.15) is 5.10 Å². The van der Waals surface area contributed by atoms with Crippen molar-refractivity contribution in [2.75, 3.05) is 0 Å². The third-order valence-corrected chi connectivity index (χ3v) is 6.52. The number of nitrogens with one attached hydrogen (secondary N) is 3. The Bertz CT molecular complexity index is 1580. The summed E-state index contributed by atoms with van der Waals surface area (Å²) in [6.07, 6.45) is 6.73. The number of hydrogen-bond acceptors (Lipinski definition) is 7. The van der Waals surface area contributed by atoms with Crippen LogP contribution in [-0.4, -0.2) is 28.4 Å². The number of hydrazine groups is 1. The first-order valence-electron chi connectivity index (χ1n) is 12.3. The Kier molecular flexibility index (Phi) is 6.78. The highest BCUT2D eigenvalue weighted by Gasteiger charge is 2.28. The van der Waals surface area contributed by atoms with Gasteiger partial charge in [0.1, 0.15) is 11.3 Å². The molecule has 0 aliphatic heterocycles. The highest BCUT2D eigenvalue weighted by Crippen LogP contribution is 2.30. The van der Waals surface area contributed by atoms with Gasteiger partial charge < -0.3 is 8.83 Å². The van der Waals surface area contributed by atoms with Crippen molar-refractivity contribution < 1.29 is 23.2 Å². The lowest BCUT2D eigenvalue weighted by Gasteiger charge is -2.13. The van der Waals surface area contributed by atoms with Gasteiger partial charge in [0.2, 0.25) is 5.91 Å². The van der Waals surface area contributed by atoms with E-state index in [4.69, 9.17) is 8.83 Å². The summed E-state index contributed by atoms with van der Waals surface area (Å²) in [7, 11) is 0. The topological polar surface area (TPSA) is 139 Å². The summed E-state index contributed by atoms with van der Waals surface area (Å²) in [6.45, 7) is 5.75. The Balaban J connectivity index is 1.28. The van der Waals surface area contributed by atoms with Crippen LogP contribution in [0.15, 0.2) is 56.9 Å². The number of aryl methyl sites for hydroxylation is 3. The van der Waals surface area contributed by atoms with E-state index in [1.165, 1.54) is 24.5 Å². The van der Waals surface area contributed by atoms with Crippen LogP contribution in [-0.2, 0) is 17.6 Å². The molecule has 0 radical (unpaired) electrons. The van der Waals surface area contributed by atoms with Gasteiger partial charge in [-0.05, 0) is 62.9 Å². The number of nitrogens with zero attached hydrogens (tertiary/aromatic N) is 2. The molecular weight excluding hydrogens is 486 g/mol. The first-order valence-corrected chi connectivity index (χ1v) is 12.3. The number of carbonyl (C=O) groups excluding carboxylic acids is 3. The van der Waals surface area contributed by atoms with Gasteiger partial charge in [0.25, 0.3) is 5.91 Å². The van der Waals surface area contributed by atoms with E-state index < -0.39 is 11.8 Å². The van der Waals surface area contributed by atoms with Gasteiger partial charge in [-0.25, -0.2) is 5.43 Å². The van der Waals surface area contributed by atoms with E-state index in [0.29, 0.717) is 41.0 Å². The van der Waals surface area contributed by atoms with Crippen LogP contribution in [0.3, 0.4) is 0 Å². The van der Waals surface area contributed by atoms with Gasteiger partial charge in [-0.1, -0.05) is 6.07 Å². The average Bonchev–Trinajstić information content (AvgIpc) is 3.47. The number of benzene rings is 1. The van der Waals surface area contributed by atoms with Gasteiger partial charge in [-0.15, -0.1) is 0 Å². The second-order valence-corrected chi connectivity index (χ2v) is 9.34. The summed E-state index contributed by atoms with van der Waals surface area (Å²) in [5, 5.41) is 5.33. The fourth-order valence-corrected chi connectivity index (χ4v) is 4.84.